The van der Waals surface area contributed by atoms with Gasteiger partial charge in [-0.25, -0.2) is 4.39 Å². The maximum absolute atomic E-state index is 13.1. The van der Waals surface area contributed by atoms with Crippen molar-refractivity contribution in [2.24, 2.45) is 0 Å². The molecule has 27 heavy (non-hydrogen) atoms. The number of benzene rings is 2. The molecule has 1 aliphatic heterocycles. The molecule has 1 fully saturated rings. The Hall–Kier alpha value is -1.70. The minimum Gasteiger partial charge on any atom is -0.490 e. The van der Waals surface area contributed by atoms with Gasteiger partial charge in [0.1, 0.15) is 17.4 Å². The number of hydrogen-bond donors (Lipinski definition) is 0. The Bertz CT molecular complexity index is 795. The average Bonchev–Trinajstić information content (AvgIpc) is 2.69. The lowest BCUT2D eigenvalue weighted by atomic mass is 10.1. The van der Waals surface area contributed by atoms with Crippen LogP contribution in [0.1, 0.15) is 18.1 Å². The van der Waals surface area contributed by atoms with Crippen LogP contribution >= 0.6 is 28.1 Å². The number of halogens is 2. The predicted octanol–water partition coefficient (Wildman–Crippen LogP) is 4.57. The number of thiocarbonyl (C=S) groups is 1. The number of nitrogens with zero attached hydrogens (tertiary/aromatic N) is 1. The second-order valence-corrected chi connectivity index (χ2v) is 7.28. The van der Waals surface area contributed by atoms with Gasteiger partial charge < -0.3 is 19.1 Å². The highest BCUT2D eigenvalue weighted by Crippen LogP contribution is 2.38. The summed E-state index contributed by atoms with van der Waals surface area (Å²) < 4.78 is 31.0. The summed E-state index contributed by atoms with van der Waals surface area (Å²) >= 11 is 9.24. The number of hydrogen-bond acceptors (Lipinski definition) is 4. The van der Waals surface area contributed by atoms with Crippen molar-refractivity contribution in [3.63, 3.8) is 0 Å². The zero-order valence-electron chi connectivity index (χ0n) is 15.0. The van der Waals surface area contributed by atoms with E-state index in [2.05, 4.69) is 20.8 Å². The maximum Gasteiger partial charge on any atom is 0.175 e. The Morgan fingerprint density at radius 1 is 1.19 bits per heavy atom. The number of morpholine rings is 1. The summed E-state index contributed by atoms with van der Waals surface area (Å²) in [6.45, 7) is 5.66. The summed E-state index contributed by atoms with van der Waals surface area (Å²) in [7, 11) is 0. The van der Waals surface area contributed by atoms with Gasteiger partial charge in [0.05, 0.1) is 24.3 Å². The van der Waals surface area contributed by atoms with Gasteiger partial charge >= 0.3 is 0 Å². The molecule has 1 saturated heterocycles. The maximum atomic E-state index is 13.1. The van der Waals surface area contributed by atoms with Crippen LogP contribution in [-0.4, -0.2) is 42.8 Å². The van der Waals surface area contributed by atoms with Gasteiger partial charge in [0.25, 0.3) is 0 Å². The summed E-state index contributed by atoms with van der Waals surface area (Å²) in [5.41, 5.74) is 1.77. The van der Waals surface area contributed by atoms with E-state index in [9.17, 15) is 4.39 Å². The third-order valence-electron chi connectivity index (χ3n) is 4.15. The van der Waals surface area contributed by atoms with Crippen LogP contribution in [-0.2, 0) is 11.3 Å². The van der Waals surface area contributed by atoms with Crippen LogP contribution in [0.5, 0.6) is 11.5 Å². The predicted molar refractivity (Wildman–Crippen MR) is 110 cm³/mol. The van der Waals surface area contributed by atoms with Crippen molar-refractivity contribution in [1.29, 1.82) is 0 Å². The molecule has 0 saturated carbocycles. The highest BCUT2D eigenvalue weighted by molar-refractivity contribution is 9.10. The molecule has 0 aromatic heterocycles. The van der Waals surface area contributed by atoms with Gasteiger partial charge in [-0.05, 0) is 52.7 Å². The van der Waals surface area contributed by atoms with E-state index in [1.807, 2.05) is 19.1 Å². The third-order valence-corrected chi connectivity index (χ3v) is 5.23. The van der Waals surface area contributed by atoms with E-state index in [-0.39, 0.29) is 5.82 Å². The van der Waals surface area contributed by atoms with Gasteiger partial charge in [-0.3, -0.25) is 0 Å². The standard InChI is InChI=1S/C20H21BrFNO3S/c1-2-25-18-12-15(20(27)23-7-9-24-10-8-23)11-17(21)19(18)26-13-14-3-5-16(22)6-4-14/h3-6,11-12H,2,7-10,13H2,1H3. The zero-order chi connectivity index (χ0) is 19.2. The Morgan fingerprint density at radius 2 is 1.89 bits per heavy atom. The highest BCUT2D eigenvalue weighted by atomic mass is 79.9. The first-order valence-corrected chi connectivity index (χ1v) is 9.99. The van der Waals surface area contributed by atoms with E-state index >= 15 is 0 Å². The lowest BCUT2D eigenvalue weighted by molar-refractivity contribution is 0.0693. The molecular formula is C20H21BrFNO3S. The van der Waals surface area contributed by atoms with Crippen LogP contribution in [0.4, 0.5) is 4.39 Å². The van der Waals surface area contributed by atoms with E-state index in [1.165, 1.54) is 12.1 Å². The molecule has 0 bridgehead atoms. The lowest BCUT2D eigenvalue weighted by Gasteiger charge is -2.29. The van der Waals surface area contributed by atoms with Crippen LogP contribution in [0, 0.1) is 5.82 Å². The number of rotatable bonds is 6. The Morgan fingerprint density at radius 3 is 2.56 bits per heavy atom. The van der Waals surface area contributed by atoms with Crippen molar-refractivity contribution < 1.29 is 18.6 Å². The topological polar surface area (TPSA) is 30.9 Å². The molecule has 0 atom stereocenters. The van der Waals surface area contributed by atoms with Crippen LogP contribution in [0.3, 0.4) is 0 Å². The van der Waals surface area contributed by atoms with Gasteiger partial charge in [0.2, 0.25) is 0 Å². The first-order chi connectivity index (χ1) is 13.1. The summed E-state index contributed by atoms with van der Waals surface area (Å²) in [6, 6.07) is 10.1. The molecule has 4 nitrogen and oxygen atoms in total. The Kier molecular flexibility index (Phi) is 7.04. The fraction of sp³-hybridized carbons (Fsp3) is 0.350. The first-order valence-electron chi connectivity index (χ1n) is 8.79. The molecule has 2 aromatic rings. The lowest BCUT2D eigenvalue weighted by Crippen LogP contribution is -2.40. The van der Waals surface area contributed by atoms with Crippen molar-refractivity contribution >= 4 is 33.1 Å². The van der Waals surface area contributed by atoms with Crippen molar-refractivity contribution in [3.05, 3.63) is 57.8 Å². The van der Waals surface area contributed by atoms with Gasteiger partial charge in [0.15, 0.2) is 11.5 Å². The van der Waals surface area contributed by atoms with Gasteiger partial charge in [0, 0.05) is 18.7 Å². The van der Waals surface area contributed by atoms with E-state index in [0.29, 0.717) is 37.9 Å². The van der Waals surface area contributed by atoms with Crippen LogP contribution < -0.4 is 9.47 Å². The molecule has 1 heterocycles. The fourth-order valence-corrected chi connectivity index (χ4v) is 3.64. The molecule has 0 amide bonds. The summed E-state index contributed by atoms with van der Waals surface area (Å²) in [6.07, 6.45) is 0. The quantitative estimate of drug-likeness (QED) is 0.597. The van der Waals surface area contributed by atoms with Gasteiger partial charge in [-0.1, -0.05) is 24.4 Å². The largest absolute Gasteiger partial charge is 0.490 e. The fourth-order valence-electron chi connectivity index (χ4n) is 2.78. The molecule has 2 aromatic carbocycles. The molecule has 7 heteroatoms. The molecule has 0 spiro atoms. The molecule has 0 aliphatic carbocycles. The third kappa shape index (κ3) is 5.18. The van der Waals surface area contributed by atoms with E-state index < -0.39 is 0 Å². The van der Waals surface area contributed by atoms with E-state index in [4.69, 9.17) is 26.4 Å². The second kappa shape index (κ2) is 9.48. The minimum atomic E-state index is -0.268. The molecule has 144 valence electrons. The van der Waals surface area contributed by atoms with Crippen molar-refractivity contribution in [2.45, 2.75) is 13.5 Å². The molecule has 3 rings (SSSR count). The molecule has 0 radical (unpaired) electrons. The number of ether oxygens (including phenoxy) is 3. The van der Waals surface area contributed by atoms with Crippen molar-refractivity contribution in [3.8, 4) is 11.5 Å². The highest BCUT2D eigenvalue weighted by Gasteiger charge is 2.19. The monoisotopic (exact) mass is 453 g/mol. The van der Waals surface area contributed by atoms with E-state index in [1.54, 1.807) is 12.1 Å². The van der Waals surface area contributed by atoms with Crippen LogP contribution in [0.15, 0.2) is 40.9 Å². The summed E-state index contributed by atoms with van der Waals surface area (Å²) in [5, 5.41) is 0. The SMILES string of the molecule is CCOc1cc(C(=S)N2CCOCC2)cc(Br)c1OCc1ccc(F)cc1. The Balaban J connectivity index is 1.80. The smallest absolute Gasteiger partial charge is 0.175 e. The Labute approximate surface area is 172 Å². The van der Waals surface area contributed by atoms with Gasteiger partial charge in [-0.15, -0.1) is 0 Å². The van der Waals surface area contributed by atoms with Crippen molar-refractivity contribution in [1.82, 2.24) is 4.90 Å². The zero-order valence-corrected chi connectivity index (χ0v) is 17.4. The van der Waals surface area contributed by atoms with Gasteiger partial charge in [-0.2, -0.15) is 0 Å². The molecule has 0 N–H and O–H groups in total. The average molecular weight is 454 g/mol. The van der Waals surface area contributed by atoms with Crippen LogP contribution in [0.25, 0.3) is 0 Å². The second-order valence-electron chi connectivity index (χ2n) is 6.04. The molecular weight excluding hydrogens is 433 g/mol. The minimum absolute atomic E-state index is 0.268. The summed E-state index contributed by atoms with van der Waals surface area (Å²) in [5.74, 6) is 0.963. The summed E-state index contributed by atoms with van der Waals surface area (Å²) in [4.78, 5) is 2.90. The molecule has 1 aliphatic rings. The van der Waals surface area contributed by atoms with Crippen molar-refractivity contribution in [2.75, 3.05) is 32.9 Å². The van der Waals surface area contributed by atoms with E-state index in [0.717, 1.165) is 33.7 Å². The normalized spacial score (nSPS) is 14.1. The molecule has 0 unspecified atom stereocenters. The van der Waals surface area contributed by atoms with Crippen LogP contribution in [0.2, 0.25) is 0 Å². The first kappa shape index (κ1) is 20.0.